The molecule has 4 rings (SSSR count). The maximum absolute atomic E-state index is 12.6. The average Bonchev–Trinajstić information content (AvgIpc) is 3.32. The Kier molecular flexibility index (Phi) is 7.35. The van der Waals surface area contributed by atoms with Crippen molar-refractivity contribution in [1.29, 1.82) is 0 Å². The summed E-state index contributed by atoms with van der Waals surface area (Å²) in [4.78, 5) is 2.46. The second kappa shape index (κ2) is 10.8. The monoisotopic (exact) mass is 433 g/mol. The van der Waals surface area contributed by atoms with Crippen LogP contribution in [-0.4, -0.2) is 21.6 Å². The summed E-state index contributed by atoms with van der Waals surface area (Å²) in [6.07, 6.45) is -0.827. The van der Waals surface area contributed by atoms with Crippen LogP contribution in [0.1, 0.15) is 35.4 Å². The van der Waals surface area contributed by atoms with E-state index in [1.54, 1.807) is 0 Å². The van der Waals surface area contributed by atoms with Gasteiger partial charge in [0.1, 0.15) is 0 Å². The van der Waals surface area contributed by atoms with Gasteiger partial charge in [0.25, 0.3) is 5.89 Å². The zero-order chi connectivity index (χ0) is 22.2. The highest BCUT2D eigenvalue weighted by Crippen LogP contribution is 2.23. The van der Waals surface area contributed by atoms with Gasteiger partial charge in [-0.15, -0.1) is 10.2 Å². The molecule has 0 saturated heterocycles. The molecule has 3 aromatic carbocycles. The molecular weight excluding hydrogens is 408 g/mol. The number of aryl methyl sites for hydroxylation is 1. The lowest BCUT2D eigenvalue weighted by atomic mass is 10.1. The van der Waals surface area contributed by atoms with Crippen LogP contribution in [0.4, 0.5) is 8.78 Å². The van der Waals surface area contributed by atoms with Gasteiger partial charge in [-0.1, -0.05) is 72.8 Å². The predicted octanol–water partition coefficient (Wildman–Crippen LogP) is 6.31. The number of benzene rings is 3. The molecule has 0 atom stereocenters. The van der Waals surface area contributed by atoms with Crippen LogP contribution in [0.25, 0.3) is 11.5 Å². The molecule has 0 fully saturated rings. The zero-order valence-electron chi connectivity index (χ0n) is 17.7. The lowest BCUT2D eigenvalue weighted by Gasteiger charge is -2.22. The maximum Gasteiger partial charge on any atom is 0.314 e. The van der Waals surface area contributed by atoms with Gasteiger partial charge in [0.05, 0.1) is 0 Å². The summed E-state index contributed by atoms with van der Waals surface area (Å²) in [5, 5.41) is 7.08. The van der Waals surface area contributed by atoms with Crippen molar-refractivity contribution in [3.05, 3.63) is 108 Å². The Morgan fingerprint density at radius 2 is 1.31 bits per heavy atom. The molecular formula is C26H25F2N3O. The van der Waals surface area contributed by atoms with Crippen LogP contribution < -0.4 is 0 Å². The molecule has 0 bridgehead atoms. The average molecular weight is 434 g/mol. The molecule has 4 aromatic rings. The molecule has 0 N–H and O–H groups in total. The van der Waals surface area contributed by atoms with E-state index in [-0.39, 0.29) is 5.89 Å². The number of hydrogen-bond donors (Lipinski definition) is 0. The smallest absolute Gasteiger partial charge is 0.314 e. The van der Waals surface area contributed by atoms with Gasteiger partial charge in [0, 0.05) is 18.7 Å². The van der Waals surface area contributed by atoms with E-state index in [2.05, 4.69) is 63.6 Å². The fraction of sp³-hybridized carbons (Fsp3) is 0.231. The van der Waals surface area contributed by atoms with Crippen molar-refractivity contribution in [2.24, 2.45) is 0 Å². The first-order valence-corrected chi connectivity index (χ1v) is 10.7. The molecule has 0 saturated carbocycles. The normalized spacial score (nSPS) is 11.4. The summed E-state index contributed by atoms with van der Waals surface area (Å²) >= 11 is 0. The predicted molar refractivity (Wildman–Crippen MR) is 120 cm³/mol. The Labute approximate surface area is 186 Å². The standard InChI is InChI=1S/C26H25F2N3O/c27-24(28)26-30-29-25(32-26)23-15-13-20(14-16-23)12-7-17-31(18-21-8-3-1-4-9-21)19-22-10-5-2-6-11-22/h1-6,8-11,13-16,24H,7,12,17-19H2. The number of aromatic nitrogens is 2. The molecule has 0 spiro atoms. The molecule has 1 heterocycles. The fourth-order valence-electron chi connectivity index (χ4n) is 3.66. The van der Waals surface area contributed by atoms with Crippen LogP contribution in [0, 0.1) is 0 Å². The van der Waals surface area contributed by atoms with E-state index in [0.29, 0.717) is 5.56 Å². The van der Waals surface area contributed by atoms with Gasteiger partial charge in [0.2, 0.25) is 5.89 Å². The number of rotatable bonds is 10. The summed E-state index contributed by atoms with van der Waals surface area (Å²) in [6, 6.07) is 28.7. The van der Waals surface area contributed by atoms with Gasteiger partial charge in [-0.25, -0.2) is 0 Å². The van der Waals surface area contributed by atoms with Gasteiger partial charge in [-0.2, -0.15) is 8.78 Å². The highest BCUT2D eigenvalue weighted by Gasteiger charge is 2.16. The molecule has 0 amide bonds. The first-order chi connectivity index (χ1) is 15.7. The van der Waals surface area contributed by atoms with Gasteiger partial charge in [0.15, 0.2) is 0 Å². The van der Waals surface area contributed by atoms with Gasteiger partial charge >= 0.3 is 6.43 Å². The third-order valence-corrected chi connectivity index (χ3v) is 5.27. The van der Waals surface area contributed by atoms with E-state index in [1.807, 2.05) is 36.4 Å². The summed E-state index contributed by atoms with van der Waals surface area (Å²) in [6.45, 7) is 2.77. The Bertz CT molecular complexity index is 1040. The van der Waals surface area contributed by atoms with Crippen molar-refractivity contribution in [2.45, 2.75) is 32.4 Å². The van der Waals surface area contributed by atoms with Crippen molar-refractivity contribution in [1.82, 2.24) is 15.1 Å². The van der Waals surface area contributed by atoms with Crippen LogP contribution in [-0.2, 0) is 19.5 Å². The van der Waals surface area contributed by atoms with Gasteiger partial charge in [-0.05, 0) is 48.2 Å². The Hall–Kier alpha value is -3.38. The molecule has 6 heteroatoms. The number of halogens is 2. The Balaban J connectivity index is 1.35. The Morgan fingerprint density at radius 1 is 0.719 bits per heavy atom. The number of alkyl halides is 2. The minimum absolute atomic E-state index is 0.115. The second-order valence-electron chi connectivity index (χ2n) is 7.73. The number of nitrogens with zero attached hydrogens (tertiary/aromatic N) is 3. The summed E-state index contributed by atoms with van der Waals surface area (Å²) in [7, 11) is 0. The second-order valence-corrected chi connectivity index (χ2v) is 7.73. The fourth-order valence-corrected chi connectivity index (χ4v) is 3.66. The van der Waals surface area contributed by atoms with Crippen LogP contribution in [0.15, 0.2) is 89.3 Å². The summed E-state index contributed by atoms with van der Waals surface area (Å²) in [5.41, 5.74) is 4.43. The van der Waals surface area contributed by atoms with E-state index in [0.717, 1.165) is 32.5 Å². The minimum Gasteiger partial charge on any atom is -0.415 e. The molecule has 32 heavy (non-hydrogen) atoms. The first-order valence-electron chi connectivity index (χ1n) is 10.7. The SMILES string of the molecule is FC(F)c1nnc(-c2ccc(CCCN(Cc3ccccc3)Cc3ccccc3)cc2)o1. The minimum atomic E-state index is -2.76. The summed E-state index contributed by atoms with van der Waals surface area (Å²) in [5.74, 6) is -0.537. The third kappa shape index (κ3) is 6.08. The number of hydrogen-bond acceptors (Lipinski definition) is 4. The molecule has 164 valence electrons. The highest BCUT2D eigenvalue weighted by molar-refractivity contribution is 5.53. The van der Waals surface area contributed by atoms with Crippen LogP contribution in [0.3, 0.4) is 0 Å². The molecule has 0 aliphatic carbocycles. The highest BCUT2D eigenvalue weighted by atomic mass is 19.3. The van der Waals surface area contributed by atoms with Crippen molar-refractivity contribution in [3.8, 4) is 11.5 Å². The maximum atomic E-state index is 12.6. The Morgan fingerprint density at radius 3 is 1.84 bits per heavy atom. The van der Waals surface area contributed by atoms with E-state index in [9.17, 15) is 8.78 Å². The zero-order valence-corrected chi connectivity index (χ0v) is 17.7. The van der Waals surface area contributed by atoms with Crippen LogP contribution in [0.5, 0.6) is 0 Å². The molecule has 0 radical (unpaired) electrons. The van der Waals surface area contributed by atoms with Gasteiger partial charge < -0.3 is 4.42 Å². The van der Waals surface area contributed by atoms with Crippen LogP contribution >= 0.6 is 0 Å². The lowest BCUT2D eigenvalue weighted by Crippen LogP contribution is -2.24. The van der Waals surface area contributed by atoms with Crippen molar-refractivity contribution < 1.29 is 13.2 Å². The van der Waals surface area contributed by atoms with Crippen molar-refractivity contribution in [3.63, 3.8) is 0 Å². The lowest BCUT2D eigenvalue weighted by molar-refractivity contribution is 0.116. The first kappa shape index (κ1) is 21.8. The molecule has 4 nitrogen and oxygen atoms in total. The topological polar surface area (TPSA) is 42.2 Å². The quantitative estimate of drug-likeness (QED) is 0.294. The van der Waals surface area contributed by atoms with Crippen molar-refractivity contribution >= 4 is 0 Å². The third-order valence-electron chi connectivity index (χ3n) is 5.27. The molecule has 0 unspecified atom stereocenters. The molecule has 0 aliphatic heterocycles. The van der Waals surface area contributed by atoms with E-state index in [1.165, 1.54) is 16.7 Å². The van der Waals surface area contributed by atoms with Gasteiger partial charge in [-0.3, -0.25) is 4.90 Å². The largest absolute Gasteiger partial charge is 0.415 e. The summed E-state index contributed by atoms with van der Waals surface area (Å²) < 4.78 is 30.3. The molecule has 1 aromatic heterocycles. The van der Waals surface area contributed by atoms with E-state index >= 15 is 0 Å². The van der Waals surface area contributed by atoms with Crippen molar-refractivity contribution in [2.75, 3.05) is 6.54 Å². The van der Waals surface area contributed by atoms with E-state index < -0.39 is 12.3 Å². The van der Waals surface area contributed by atoms with Crippen LogP contribution in [0.2, 0.25) is 0 Å². The molecule has 0 aliphatic rings. The van der Waals surface area contributed by atoms with E-state index in [4.69, 9.17) is 4.42 Å².